The van der Waals surface area contributed by atoms with Crippen LogP contribution in [-0.4, -0.2) is 37.5 Å². The first-order valence-electron chi connectivity index (χ1n) is 8.52. The molecule has 1 atom stereocenters. The molecule has 2 aromatic carbocycles. The van der Waals surface area contributed by atoms with E-state index in [-0.39, 0.29) is 29.8 Å². The summed E-state index contributed by atoms with van der Waals surface area (Å²) in [6.45, 7) is 4.21. The number of nitrogens with zero attached hydrogens (tertiary/aromatic N) is 2. The van der Waals surface area contributed by atoms with Gasteiger partial charge in [-0.15, -0.1) is 24.0 Å². The van der Waals surface area contributed by atoms with Crippen LogP contribution in [0.15, 0.2) is 59.6 Å². The van der Waals surface area contributed by atoms with Crippen molar-refractivity contribution in [1.29, 1.82) is 0 Å². The zero-order chi connectivity index (χ0) is 18.1. The molecule has 4 nitrogen and oxygen atoms in total. The SMILES string of the molecule is CN=C(NCc1ccccc1F)NCC(C)N(C)Cc1ccccc1.I. The molecule has 0 saturated heterocycles. The summed E-state index contributed by atoms with van der Waals surface area (Å²) in [7, 11) is 3.82. The number of guanidine groups is 1. The van der Waals surface area contributed by atoms with Gasteiger partial charge in [-0.05, 0) is 25.6 Å². The highest BCUT2D eigenvalue weighted by atomic mass is 127. The Balaban J connectivity index is 0.00000338. The van der Waals surface area contributed by atoms with Crippen LogP contribution in [0.3, 0.4) is 0 Å². The van der Waals surface area contributed by atoms with Gasteiger partial charge in [-0.3, -0.25) is 9.89 Å². The summed E-state index contributed by atoms with van der Waals surface area (Å²) >= 11 is 0. The number of hydrogen-bond donors (Lipinski definition) is 2. The number of benzene rings is 2. The van der Waals surface area contributed by atoms with Gasteiger partial charge in [-0.2, -0.15) is 0 Å². The van der Waals surface area contributed by atoms with Gasteiger partial charge in [0.1, 0.15) is 5.82 Å². The minimum Gasteiger partial charge on any atom is -0.355 e. The van der Waals surface area contributed by atoms with Crippen LogP contribution in [0.2, 0.25) is 0 Å². The maximum absolute atomic E-state index is 13.7. The lowest BCUT2D eigenvalue weighted by Crippen LogP contribution is -2.44. The van der Waals surface area contributed by atoms with Gasteiger partial charge >= 0.3 is 0 Å². The fourth-order valence-corrected chi connectivity index (χ4v) is 2.47. The van der Waals surface area contributed by atoms with E-state index < -0.39 is 0 Å². The zero-order valence-electron chi connectivity index (χ0n) is 15.6. The largest absolute Gasteiger partial charge is 0.355 e. The van der Waals surface area contributed by atoms with Crippen LogP contribution in [0.4, 0.5) is 4.39 Å². The van der Waals surface area contributed by atoms with Gasteiger partial charge in [0, 0.05) is 38.3 Å². The molecule has 0 aromatic heterocycles. The third-order valence-corrected chi connectivity index (χ3v) is 4.22. The van der Waals surface area contributed by atoms with Crippen molar-refractivity contribution in [3.05, 3.63) is 71.5 Å². The molecule has 1 unspecified atom stereocenters. The normalized spacial score (nSPS) is 12.4. The second-order valence-corrected chi connectivity index (χ2v) is 6.15. The Labute approximate surface area is 172 Å². The first-order valence-corrected chi connectivity index (χ1v) is 8.52. The average molecular weight is 470 g/mol. The summed E-state index contributed by atoms with van der Waals surface area (Å²) in [5, 5.41) is 6.45. The van der Waals surface area contributed by atoms with E-state index in [9.17, 15) is 4.39 Å². The molecule has 0 aliphatic carbocycles. The standard InChI is InChI=1S/C20H27FN4.HI/c1-16(25(3)15-17-9-5-4-6-10-17)13-23-20(22-2)24-14-18-11-7-8-12-19(18)21;/h4-12,16H,13-15H2,1-3H3,(H2,22,23,24);1H. The molecule has 26 heavy (non-hydrogen) atoms. The van der Waals surface area contributed by atoms with Crippen LogP contribution >= 0.6 is 24.0 Å². The lowest BCUT2D eigenvalue weighted by molar-refractivity contribution is 0.249. The fourth-order valence-electron chi connectivity index (χ4n) is 2.47. The number of rotatable bonds is 7. The van der Waals surface area contributed by atoms with Crippen molar-refractivity contribution in [2.24, 2.45) is 4.99 Å². The number of aliphatic imine (C=N–C) groups is 1. The van der Waals surface area contributed by atoms with Gasteiger partial charge in [-0.1, -0.05) is 48.5 Å². The third kappa shape index (κ3) is 7.29. The van der Waals surface area contributed by atoms with E-state index in [1.807, 2.05) is 12.1 Å². The number of likely N-dealkylation sites (N-methyl/N-ethyl adjacent to an activating group) is 1. The Hall–Kier alpha value is -1.67. The molecular weight excluding hydrogens is 442 g/mol. The van der Waals surface area contributed by atoms with E-state index in [0.29, 0.717) is 24.1 Å². The monoisotopic (exact) mass is 470 g/mol. The quantitative estimate of drug-likeness (QED) is 0.369. The predicted molar refractivity (Wildman–Crippen MR) is 117 cm³/mol. The van der Waals surface area contributed by atoms with Crippen LogP contribution < -0.4 is 10.6 Å². The summed E-state index contributed by atoms with van der Waals surface area (Å²) < 4.78 is 13.7. The highest BCUT2D eigenvalue weighted by Gasteiger charge is 2.10. The lowest BCUT2D eigenvalue weighted by Gasteiger charge is -2.25. The number of nitrogens with one attached hydrogen (secondary N) is 2. The molecule has 0 saturated carbocycles. The van der Waals surface area contributed by atoms with Crippen molar-refractivity contribution >= 4 is 29.9 Å². The maximum atomic E-state index is 13.7. The van der Waals surface area contributed by atoms with Crippen LogP contribution in [0.5, 0.6) is 0 Å². The topological polar surface area (TPSA) is 39.7 Å². The van der Waals surface area contributed by atoms with Crippen LogP contribution in [0.1, 0.15) is 18.1 Å². The van der Waals surface area contributed by atoms with Gasteiger partial charge < -0.3 is 10.6 Å². The van der Waals surface area contributed by atoms with Crippen LogP contribution in [0, 0.1) is 5.82 Å². The Morgan fingerprint density at radius 2 is 1.73 bits per heavy atom. The Morgan fingerprint density at radius 3 is 2.38 bits per heavy atom. The molecule has 0 heterocycles. The first kappa shape index (κ1) is 22.4. The van der Waals surface area contributed by atoms with Gasteiger partial charge in [-0.25, -0.2) is 4.39 Å². The highest BCUT2D eigenvalue weighted by Crippen LogP contribution is 2.06. The molecule has 0 aliphatic rings. The van der Waals surface area contributed by atoms with E-state index in [1.165, 1.54) is 11.6 Å². The molecule has 0 amide bonds. The van der Waals surface area contributed by atoms with E-state index in [0.717, 1.165) is 13.1 Å². The Kier molecular flexibility index (Phi) is 10.2. The van der Waals surface area contributed by atoms with Gasteiger partial charge in [0.05, 0.1) is 0 Å². The second-order valence-electron chi connectivity index (χ2n) is 6.15. The maximum Gasteiger partial charge on any atom is 0.191 e. The van der Waals surface area contributed by atoms with E-state index >= 15 is 0 Å². The minimum atomic E-state index is -0.207. The number of hydrogen-bond acceptors (Lipinski definition) is 2. The van der Waals surface area contributed by atoms with E-state index in [4.69, 9.17) is 0 Å². The van der Waals surface area contributed by atoms with Crippen molar-refractivity contribution in [1.82, 2.24) is 15.5 Å². The Bertz CT molecular complexity index is 679. The minimum absolute atomic E-state index is 0. The van der Waals surface area contributed by atoms with Crippen molar-refractivity contribution in [2.45, 2.75) is 26.1 Å². The van der Waals surface area contributed by atoms with Gasteiger partial charge in [0.25, 0.3) is 0 Å². The Morgan fingerprint density at radius 1 is 1.08 bits per heavy atom. The van der Waals surface area contributed by atoms with Crippen molar-refractivity contribution in [2.75, 3.05) is 20.6 Å². The molecule has 2 rings (SSSR count). The molecule has 6 heteroatoms. The summed E-state index contributed by atoms with van der Waals surface area (Å²) in [6, 6.07) is 17.5. The summed E-state index contributed by atoms with van der Waals surface area (Å²) in [5.74, 6) is 0.463. The zero-order valence-corrected chi connectivity index (χ0v) is 17.9. The molecular formula is C20H28FIN4. The predicted octanol–water partition coefficient (Wildman–Crippen LogP) is 3.63. The molecule has 142 valence electrons. The average Bonchev–Trinajstić information content (AvgIpc) is 2.63. The molecule has 0 radical (unpaired) electrons. The smallest absolute Gasteiger partial charge is 0.191 e. The molecule has 0 spiro atoms. The molecule has 2 N–H and O–H groups in total. The van der Waals surface area contributed by atoms with Crippen LogP contribution in [0.25, 0.3) is 0 Å². The second kappa shape index (κ2) is 11.9. The van der Waals surface area contributed by atoms with Gasteiger partial charge in [0.2, 0.25) is 0 Å². The summed E-state index contributed by atoms with van der Waals surface area (Å²) in [6.07, 6.45) is 0. The van der Waals surface area contributed by atoms with Crippen molar-refractivity contribution < 1.29 is 4.39 Å². The van der Waals surface area contributed by atoms with Gasteiger partial charge in [0.15, 0.2) is 5.96 Å². The number of halogens is 2. The van der Waals surface area contributed by atoms with E-state index in [2.05, 4.69) is 58.8 Å². The molecule has 0 bridgehead atoms. The molecule has 0 aliphatic heterocycles. The van der Waals surface area contributed by atoms with E-state index in [1.54, 1.807) is 19.2 Å². The lowest BCUT2D eigenvalue weighted by atomic mass is 10.2. The fraction of sp³-hybridized carbons (Fsp3) is 0.350. The van der Waals surface area contributed by atoms with Crippen LogP contribution in [-0.2, 0) is 13.1 Å². The summed E-state index contributed by atoms with van der Waals surface area (Å²) in [5.41, 5.74) is 1.92. The first-order chi connectivity index (χ1) is 12.1. The molecule has 2 aromatic rings. The van der Waals surface area contributed by atoms with Crippen molar-refractivity contribution in [3.8, 4) is 0 Å². The third-order valence-electron chi connectivity index (χ3n) is 4.22. The highest BCUT2D eigenvalue weighted by molar-refractivity contribution is 14.0. The summed E-state index contributed by atoms with van der Waals surface area (Å²) in [4.78, 5) is 6.49. The molecule has 0 fully saturated rings. The van der Waals surface area contributed by atoms with Crippen molar-refractivity contribution in [3.63, 3.8) is 0 Å².